The van der Waals surface area contributed by atoms with Gasteiger partial charge in [0.05, 0.1) is 19.3 Å². The predicted octanol–water partition coefficient (Wildman–Crippen LogP) is 3.17. The van der Waals surface area contributed by atoms with Gasteiger partial charge in [-0.15, -0.1) is 0 Å². The van der Waals surface area contributed by atoms with Crippen LogP contribution in [0.2, 0.25) is 0 Å². The number of methoxy groups -OCH3 is 1. The van der Waals surface area contributed by atoms with Crippen molar-refractivity contribution in [3.8, 4) is 17.0 Å². The van der Waals surface area contributed by atoms with Crippen LogP contribution in [0.25, 0.3) is 16.9 Å². The molecule has 1 amide bonds. The molecule has 0 saturated heterocycles. The summed E-state index contributed by atoms with van der Waals surface area (Å²) in [6, 6.07) is 13.1. The van der Waals surface area contributed by atoms with E-state index in [4.69, 9.17) is 9.15 Å². The van der Waals surface area contributed by atoms with Crippen LogP contribution in [0.1, 0.15) is 29.2 Å². The van der Waals surface area contributed by atoms with Gasteiger partial charge in [0.2, 0.25) is 5.91 Å². The van der Waals surface area contributed by atoms with E-state index >= 15 is 0 Å². The van der Waals surface area contributed by atoms with E-state index in [1.165, 1.54) is 4.52 Å². The van der Waals surface area contributed by atoms with Crippen molar-refractivity contribution in [3.63, 3.8) is 0 Å². The molecule has 1 aromatic carbocycles. The number of carbonyl (C=O) groups excluding carboxylic acids is 1. The molecule has 32 heavy (non-hydrogen) atoms. The number of hydrogen-bond acceptors (Lipinski definition) is 5. The maximum atomic E-state index is 13.2. The maximum absolute atomic E-state index is 13.2. The van der Waals surface area contributed by atoms with Gasteiger partial charge in [0.25, 0.3) is 5.56 Å². The molecule has 4 aromatic rings. The minimum absolute atomic E-state index is 0.141. The molecule has 0 spiro atoms. The van der Waals surface area contributed by atoms with Crippen molar-refractivity contribution in [2.75, 3.05) is 7.11 Å². The number of amides is 1. The lowest BCUT2D eigenvalue weighted by Crippen LogP contribution is -2.27. The number of hydrogen-bond donors (Lipinski definition) is 1. The molecule has 0 atom stereocenters. The zero-order chi connectivity index (χ0) is 22.8. The van der Waals surface area contributed by atoms with Crippen LogP contribution in [0, 0.1) is 13.8 Å². The van der Waals surface area contributed by atoms with Crippen molar-refractivity contribution in [3.05, 3.63) is 75.6 Å². The number of carbonyl (C=O) groups is 1. The van der Waals surface area contributed by atoms with Gasteiger partial charge in [0.1, 0.15) is 22.9 Å². The van der Waals surface area contributed by atoms with Gasteiger partial charge in [-0.05, 0) is 44.5 Å². The lowest BCUT2D eigenvalue weighted by molar-refractivity contribution is -0.121. The topological polar surface area (TPSA) is 90.8 Å². The standard InChI is InChI=1S/C24H26N4O4/c1-15-8-9-19(32-15)14-25-22(29)11-10-20-16(2)27(3)23-13-21(26-28(23)24(20)30)17-6-5-7-18(12-17)31-4/h5-9,12-13H,10-11,14H2,1-4H3,(H,25,29). The Morgan fingerprint density at radius 3 is 2.72 bits per heavy atom. The predicted molar refractivity (Wildman–Crippen MR) is 121 cm³/mol. The Hall–Kier alpha value is -3.81. The van der Waals surface area contributed by atoms with Crippen LogP contribution >= 0.6 is 0 Å². The molecule has 3 heterocycles. The third-order valence-electron chi connectivity index (χ3n) is 5.65. The Morgan fingerprint density at radius 2 is 2.00 bits per heavy atom. The molecule has 1 N–H and O–H groups in total. The molecule has 0 aliphatic carbocycles. The van der Waals surface area contributed by atoms with Crippen LogP contribution in [-0.4, -0.2) is 27.2 Å². The highest BCUT2D eigenvalue weighted by Crippen LogP contribution is 2.24. The van der Waals surface area contributed by atoms with Crippen molar-refractivity contribution in [2.24, 2.45) is 7.05 Å². The number of benzene rings is 1. The second kappa shape index (κ2) is 8.74. The summed E-state index contributed by atoms with van der Waals surface area (Å²) in [7, 11) is 3.50. The van der Waals surface area contributed by atoms with E-state index in [2.05, 4.69) is 10.4 Å². The van der Waals surface area contributed by atoms with Gasteiger partial charge in [0.15, 0.2) is 0 Å². The largest absolute Gasteiger partial charge is 0.497 e. The average Bonchev–Trinajstić information content (AvgIpc) is 3.43. The number of nitrogens with one attached hydrogen (secondary N) is 1. The fourth-order valence-electron chi connectivity index (χ4n) is 3.72. The van der Waals surface area contributed by atoms with Crippen LogP contribution in [0.15, 0.2) is 51.7 Å². The third-order valence-corrected chi connectivity index (χ3v) is 5.65. The van der Waals surface area contributed by atoms with Crippen molar-refractivity contribution < 1.29 is 13.9 Å². The first kappa shape index (κ1) is 21.4. The highest BCUT2D eigenvalue weighted by Gasteiger charge is 2.17. The van der Waals surface area contributed by atoms with Gasteiger partial charge in [-0.2, -0.15) is 9.61 Å². The summed E-state index contributed by atoms with van der Waals surface area (Å²) in [6.07, 6.45) is 0.525. The van der Waals surface area contributed by atoms with E-state index in [9.17, 15) is 9.59 Å². The summed E-state index contributed by atoms with van der Waals surface area (Å²) in [4.78, 5) is 25.5. The molecule has 0 unspecified atom stereocenters. The molecular weight excluding hydrogens is 408 g/mol. The van der Waals surface area contributed by atoms with Gasteiger partial charge in [-0.25, -0.2) is 0 Å². The van der Waals surface area contributed by atoms with Gasteiger partial charge in [0, 0.05) is 36.4 Å². The normalized spacial score (nSPS) is 11.1. The Kier molecular flexibility index (Phi) is 5.85. The van der Waals surface area contributed by atoms with Crippen LogP contribution < -0.4 is 15.6 Å². The molecular formula is C24H26N4O4. The Morgan fingerprint density at radius 1 is 1.19 bits per heavy atom. The molecule has 8 nitrogen and oxygen atoms in total. The van der Waals surface area contributed by atoms with E-state index in [1.54, 1.807) is 7.11 Å². The van der Waals surface area contributed by atoms with Crippen LogP contribution in [0.3, 0.4) is 0 Å². The van der Waals surface area contributed by atoms with E-state index < -0.39 is 0 Å². The Labute approximate surface area is 185 Å². The van der Waals surface area contributed by atoms with Crippen LogP contribution in [-0.2, 0) is 24.8 Å². The molecule has 0 aliphatic heterocycles. The molecule has 0 fully saturated rings. The monoisotopic (exact) mass is 434 g/mol. The molecule has 0 bridgehead atoms. The molecule has 0 aliphatic rings. The molecule has 0 radical (unpaired) electrons. The maximum Gasteiger partial charge on any atom is 0.277 e. The van der Waals surface area contributed by atoms with E-state index in [-0.39, 0.29) is 17.9 Å². The summed E-state index contributed by atoms with van der Waals surface area (Å²) in [5, 5.41) is 7.37. The Bertz CT molecular complexity index is 1350. The van der Waals surface area contributed by atoms with Crippen molar-refractivity contribution in [2.45, 2.75) is 33.2 Å². The number of ether oxygens (including phenoxy) is 1. The van der Waals surface area contributed by atoms with Gasteiger partial charge in [-0.1, -0.05) is 12.1 Å². The van der Waals surface area contributed by atoms with Crippen molar-refractivity contribution >= 4 is 11.6 Å². The van der Waals surface area contributed by atoms with Crippen LogP contribution in [0.5, 0.6) is 5.75 Å². The summed E-state index contributed by atoms with van der Waals surface area (Å²) in [6.45, 7) is 4.07. The van der Waals surface area contributed by atoms with Gasteiger partial charge >= 0.3 is 0 Å². The SMILES string of the molecule is COc1cccc(-c2cc3n(C)c(C)c(CCC(=O)NCc4ccc(C)o4)c(=O)n3n2)c1. The Balaban J connectivity index is 1.56. The van der Waals surface area contributed by atoms with E-state index in [0.29, 0.717) is 35.6 Å². The first-order valence-corrected chi connectivity index (χ1v) is 10.4. The lowest BCUT2D eigenvalue weighted by atomic mass is 10.1. The van der Waals surface area contributed by atoms with E-state index in [0.717, 1.165) is 22.8 Å². The molecule has 4 rings (SSSR count). The molecule has 8 heteroatoms. The number of furan rings is 1. The zero-order valence-electron chi connectivity index (χ0n) is 18.6. The number of aryl methyl sites for hydroxylation is 2. The van der Waals surface area contributed by atoms with Gasteiger partial charge in [-0.3, -0.25) is 9.59 Å². The minimum atomic E-state index is -0.209. The first-order chi connectivity index (χ1) is 15.4. The van der Waals surface area contributed by atoms with E-state index in [1.807, 2.05) is 67.9 Å². The molecule has 166 valence electrons. The summed E-state index contributed by atoms with van der Waals surface area (Å²) in [5.74, 6) is 2.08. The smallest absolute Gasteiger partial charge is 0.277 e. The highest BCUT2D eigenvalue weighted by molar-refractivity contribution is 5.76. The summed E-state index contributed by atoms with van der Waals surface area (Å²) >= 11 is 0. The van der Waals surface area contributed by atoms with Gasteiger partial charge < -0.3 is 19.0 Å². The lowest BCUT2D eigenvalue weighted by Gasteiger charge is -2.12. The zero-order valence-corrected chi connectivity index (χ0v) is 18.6. The highest BCUT2D eigenvalue weighted by atomic mass is 16.5. The fourth-order valence-corrected chi connectivity index (χ4v) is 3.72. The second-order valence-electron chi connectivity index (χ2n) is 7.75. The number of fused-ring (bicyclic) bond motifs is 1. The van der Waals surface area contributed by atoms with Crippen molar-refractivity contribution in [1.82, 2.24) is 19.5 Å². The average molecular weight is 434 g/mol. The van der Waals surface area contributed by atoms with Crippen LogP contribution in [0.4, 0.5) is 0 Å². The number of rotatable bonds is 7. The molecule has 3 aromatic heterocycles. The number of nitrogens with zero attached hydrogens (tertiary/aromatic N) is 3. The fraction of sp³-hybridized carbons (Fsp3) is 0.292. The van der Waals surface area contributed by atoms with Crippen molar-refractivity contribution in [1.29, 1.82) is 0 Å². The first-order valence-electron chi connectivity index (χ1n) is 10.4. The molecule has 0 saturated carbocycles. The summed E-state index contributed by atoms with van der Waals surface area (Å²) in [5.41, 5.74) is 3.41. The summed E-state index contributed by atoms with van der Waals surface area (Å²) < 4.78 is 14.1. The third kappa shape index (κ3) is 4.16. The minimum Gasteiger partial charge on any atom is -0.497 e. The second-order valence-corrected chi connectivity index (χ2v) is 7.75. The quantitative estimate of drug-likeness (QED) is 0.483. The number of aromatic nitrogens is 3.